The first-order valence-electron chi connectivity index (χ1n) is 4.72. The second-order valence-electron chi connectivity index (χ2n) is 3.68. The van der Waals surface area contributed by atoms with Crippen LogP contribution in [0.4, 0.5) is 0 Å². The quantitative estimate of drug-likeness (QED) is 0.856. The third kappa shape index (κ3) is 1.94. The van der Waals surface area contributed by atoms with Crippen LogP contribution in [-0.2, 0) is 0 Å². The van der Waals surface area contributed by atoms with E-state index in [-0.39, 0.29) is 0 Å². The van der Waals surface area contributed by atoms with E-state index < -0.39 is 0 Å². The highest BCUT2D eigenvalue weighted by molar-refractivity contribution is 9.10. The lowest BCUT2D eigenvalue weighted by Crippen LogP contribution is -2.10. The molecule has 13 heavy (non-hydrogen) atoms. The highest BCUT2D eigenvalue weighted by atomic mass is 79.9. The Morgan fingerprint density at radius 3 is 2.92 bits per heavy atom. The van der Waals surface area contributed by atoms with E-state index in [9.17, 15) is 0 Å². The Labute approximate surface area is 87.7 Å². The molecule has 1 aliphatic carbocycles. The van der Waals surface area contributed by atoms with E-state index in [4.69, 9.17) is 0 Å². The Hall–Kier alpha value is -0.340. The van der Waals surface area contributed by atoms with Crippen LogP contribution in [0.2, 0.25) is 0 Å². The molecule has 1 saturated carbocycles. The molecule has 2 rings (SSSR count). The SMILES string of the molecule is CNC[C@@H]1C[C@@H]1c1ccccc1Br. The van der Waals surface area contributed by atoms with Crippen LogP contribution in [0.1, 0.15) is 17.9 Å². The van der Waals surface area contributed by atoms with Gasteiger partial charge < -0.3 is 5.32 Å². The lowest BCUT2D eigenvalue weighted by Gasteiger charge is -2.02. The molecular weight excluding hydrogens is 226 g/mol. The van der Waals surface area contributed by atoms with Crippen molar-refractivity contribution >= 4 is 15.9 Å². The predicted molar refractivity (Wildman–Crippen MR) is 58.9 cm³/mol. The fourth-order valence-corrected chi connectivity index (χ4v) is 2.47. The molecule has 0 spiro atoms. The van der Waals surface area contributed by atoms with Gasteiger partial charge in [-0.15, -0.1) is 0 Å². The smallest absolute Gasteiger partial charge is 0.0210 e. The zero-order valence-electron chi connectivity index (χ0n) is 7.76. The van der Waals surface area contributed by atoms with Gasteiger partial charge in [0.25, 0.3) is 0 Å². The molecule has 0 unspecified atom stereocenters. The summed E-state index contributed by atoms with van der Waals surface area (Å²) in [4.78, 5) is 0. The molecule has 0 saturated heterocycles. The molecule has 0 aromatic heterocycles. The topological polar surface area (TPSA) is 12.0 Å². The Morgan fingerprint density at radius 2 is 2.23 bits per heavy atom. The molecule has 0 amide bonds. The summed E-state index contributed by atoms with van der Waals surface area (Å²) in [5.74, 6) is 1.63. The predicted octanol–water partition coefficient (Wildman–Crippen LogP) is 2.77. The molecule has 0 heterocycles. The summed E-state index contributed by atoms with van der Waals surface area (Å²) in [6.45, 7) is 1.14. The van der Waals surface area contributed by atoms with Crippen LogP contribution in [0.5, 0.6) is 0 Å². The molecule has 0 radical (unpaired) electrons. The Bertz CT molecular complexity index is 298. The first kappa shape index (κ1) is 9.22. The molecule has 2 heteroatoms. The number of rotatable bonds is 3. The Balaban J connectivity index is 2.07. The fourth-order valence-electron chi connectivity index (χ4n) is 1.89. The molecule has 70 valence electrons. The van der Waals surface area contributed by atoms with Crippen molar-refractivity contribution < 1.29 is 0 Å². The van der Waals surface area contributed by atoms with Gasteiger partial charge in [0, 0.05) is 4.47 Å². The normalized spacial score (nSPS) is 26.0. The van der Waals surface area contributed by atoms with Crippen LogP contribution in [0.25, 0.3) is 0 Å². The van der Waals surface area contributed by atoms with Crippen molar-refractivity contribution in [1.29, 1.82) is 0 Å². The van der Waals surface area contributed by atoms with Gasteiger partial charge in [0.15, 0.2) is 0 Å². The van der Waals surface area contributed by atoms with Crippen molar-refractivity contribution in [3.8, 4) is 0 Å². The summed E-state index contributed by atoms with van der Waals surface area (Å²) in [5.41, 5.74) is 1.47. The van der Waals surface area contributed by atoms with E-state index in [1.165, 1.54) is 16.5 Å². The number of halogens is 1. The van der Waals surface area contributed by atoms with Gasteiger partial charge in [0.05, 0.1) is 0 Å². The molecule has 1 aromatic carbocycles. The zero-order valence-corrected chi connectivity index (χ0v) is 9.34. The molecule has 0 bridgehead atoms. The molecule has 2 atom stereocenters. The third-order valence-electron chi connectivity index (χ3n) is 2.69. The number of nitrogens with one attached hydrogen (secondary N) is 1. The van der Waals surface area contributed by atoms with Crippen LogP contribution in [0, 0.1) is 5.92 Å². The van der Waals surface area contributed by atoms with Crippen molar-refractivity contribution in [2.75, 3.05) is 13.6 Å². The van der Waals surface area contributed by atoms with Gasteiger partial charge in [-0.1, -0.05) is 34.1 Å². The maximum atomic E-state index is 3.60. The average molecular weight is 240 g/mol. The van der Waals surface area contributed by atoms with Crippen LogP contribution in [0.15, 0.2) is 28.7 Å². The van der Waals surface area contributed by atoms with Crippen molar-refractivity contribution in [3.05, 3.63) is 34.3 Å². The summed E-state index contributed by atoms with van der Waals surface area (Å²) in [6, 6.07) is 8.55. The van der Waals surface area contributed by atoms with Gasteiger partial charge in [-0.05, 0) is 43.5 Å². The van der Waals surface area contributed by atoms with E-state index >= 15 is 0 Å². The van der Waals surface area contributed by atoms with Gasteiger partial charge in [-0.25, -0.2) is 0 Å². The van der Waals surface area contributed by atoms with Gasteiger partial charge in [-0.3, -0.25) is 0 Å². The highest BCUT2D eigenvalue weighted by Crippen LogP contribution is 2.48. The Kier molecular flexibility index (Phi) is 2.70. The summed E-state index contributed by atoms with van der Waals surface area (Å²) in [7, 11) is 2.02. The van der Waals surface area contributed by atoms with E-state index in [0.717, 1.165) is 18.4 Å². The van der Waals surface area contributed by atoms with Gasteiger partial charge in [-0.2, -0.15) is 0 Å². The standard InChI is InChI=1S/C11H14BrN/c1-13-7-8-6-10(8)9-4-2-3-5-11(9)12/h2-5,8,10,13H,6-7H2,1H3/t8-,10-/m0/s1. The van der Waals surface area contributed by atoms with Crippen LogP contribution < -0.4 is 5.32 Å². The maximum absolute atomic E-state index is 3.60. The first-order valence-corrected chi connectivity index (χ1v) is 5.51. The summed E-state index contributed by atoms with van der Waals surface area (Å²) < 4.78 is 1.26. The second-order valence-corrected chi connectivity index (χ2v) is 4.54. The second kappa shape index (κ2) is 3.81. The molecule has 1 N–H and O–H groups in total. The third-order valence-corrected chi connectivity index (χ3v) is 3.42. The molecule has 1 aromatic rings. The maximum Gasteiger partial charge on any atom is 0.0210 e. The highest BCUT2D eigenvalue weighted by Gasteiger charge is 2.38. The molecule has 0 aliphatic heterocycles. The van der Waals surface area contributed by atoms with Crippen LogP contribution >= 0.6 is 15.9 Å². The Morgan fingerprint density at radius 1 is 1.46 bits per heavy atom. The minimum atomic E-state index is 0.781. The van der Waals surface area contributed by atoms with E-state index in [0.29, 0.717) is 0 Å². The number of benzene rings is 1. The van der Waals surface area contributed by atoms with Crippen molar-refractivity contribution in [2.24, 2.45) is 5.92 Å². The van der Waals surface area contributed by atoms with Gasteiger partial charge in [0.1, 0.15) is 0 Å². The summed E-state index contributed by atoms with van der Waals surface area (Å²) in [6.07, 6.45) is 1.34. The van der Waals surface area contributed by atoms with Gasteiger partial charge in [0.2, 0.25) is 0 Å². The zero-order chi connectivity index (χ0) is 9.26. The average Bonchev–Trinajstić information content (AvgIpc) is 2.86. The minimum absolute atomic E-state index is 0.781. The van der Waals surface area contributed by atoms with E-state index in [1.54, 1.807) is 0 Å². The van der Waals surface area contributed by atoms with Crippen molar-refractivity contribution in [2.45, 2.75) is 12.3 Å². The minimum Gasteiger partial charge on any atom is -0.319 e. The fraction of sp³-hybridized carbons (Fsp3) is 0.455. The lowest BCUT2D eigenvalue weighted by molar-refractivity contribution is 0.697. The monoisotopic (exact) mass is 239 g/mol. The first-order chi connectivity index (χ1) is 6.33. The number of hydrogen-bond acceptors (Lipinski definition) is 1. The van der Waals surface area contributed by atoms with Crippen molar-refractivity contribution in [1.82, 2.24) is 5.32 Å². The van der Waals surface area contributed by atoms with E-state index in [2.05, 4.69) is 45.5 Å². The van der Waals surface area contributed by atoms with Gasteiger partial charge >= 0.3 is 0 Å². The summed E-state index contributed by atoms with van der Waals surface area (Å²) >= 11 is 3.60. The van der Waals surface area contributed by atoms with E-state index in [1.807, 2.05) is 7.05 Å². The largest absolute Gasteiger partial charge is 0.319 e. The molecule has 1 aliphatic rings. The molecular formula is C11H14BrN. The molecule has 1 fully saturated rings. The lowest BCUT2D eigenvalue weighted by atomic mass is 10.1. The molecule has 1 nitrogen and oxygen atoms in total. The summed E-state index contributed by atoms with van der Waals surface area (Å²) in [5, 5.41) is 3.23. The number of hydrogen-bond donors (Lipinski definition) is 1. The van der Waals surface area contributed by atoms with Crippen LogP contribution in [0.3, 0.4) is 0 Å². The van der Waals surface area contributed by atoms with Crippen molar-refractivity contribution in [3.63, 3.8) is 0 Å². The van der Waals surface area contributed by atoms with Crippen LogP contribution in [-0.4, -0.2) is 13.6 Å².